The van der Waals surface area contributed by atoms with E-state index in [2.05, 4.69) is 55.4 Å². The summed E-state index contributed by atoms with van der Waals surface area (Å²) >= 11 is 0. The Balaban J connectivity index is 3.71. The first kappa shape index (κ1) is 23.9. The molecular weight excluding hydrogens is 344 g/mol. The second kappa shape index (κ2) is 8.94. The van der Waals surface area contributed by atoms with E-state index in [0.717, 1.165) is 38.5 Å². The molecule has 0 aliphatic heterocycles. The molecule has 1 rings (SSSR count). The van der Waals surface area contributed by atoms with E-state index in [-0.39, 0.29) is 10.8 Å². The summed E-state index contributed by atoms with van der Waals surface area (Å²) in [4.78, 5) is 0. The third kappa shape index (κ3) is 5.47. The third-order valence-electron chi connectivity index (χ3n) is 6.30. The Morgan fingerprint density at radius 2 is 1.19 bits per heavy atom. The Labute approximate surface area is 163 Å². The number of rotatable bonds is 9. The van der Waals surface area contributed by atoms with E-state index in [1.165, 1.54) is 0 Å². The van der Waals surface area contributed by atoms with Crippen LogP contribution in [0.3, 0.4) is 0 Å². The van der Waals surface area contributed by atoms with Crippen LogP contribution in [0.2, 0.25) is 0 Å². The molecule has 0 bridgehead atoms. The van der Waals surface area contributed by atoms with Gasteiger partial charge in [0.1, 0.15) is 0 Å². The molecule has 0 aromatic carbocycles. The monoisotopic (exact) mass is 388 g/mol. The first-order valence-corrected chi connectivity index (χ1v) is 12.2. The van der Waals surface area contributed by atoms with Gasteiger partial charge in [0.15, 0.2) is 0 Å². The minimum absolute atomic E-state index is 0.0113. The Hall–Kier alpha value is -0.0900. The fraction of sp³-hybridized carbons (Fsp3) is 1.00. The molecule has 1 N–H and O–H groups in total. The van der Waals surface area contributed by atoms with Crippen LogP contribution < -0.4 is 0 Å². The Kier molecular flexibility index (Phi) is 8.24. The van der Waals surface area contributed by atoms with E-state index in [9.17, 15) is 13.0 Å². The molecule has 1 saturated carbocycles. The van der Waals surface area contributed by atoms with Crippen LogP contribution in [0.5, 0.6) is 0 Å². The standard InChI is InChI=1S/C22H44O3S/c1-16(2)12-21(13-17(3)4)11-9-10-20(26(23,24)25)22(21,14-18(5)6)15-19(7)8/h16-20H,9-15H2,1-8H3,(H,23,24,25). The lowest BCUT2D eigenvalue weighted by Crippen LogP contribution is -2.57. The van der Waals surface area contributed by atoms with Gasteiger partial charge in [-0.05, 0) is 73.0 Å². The van der Waals surface area contributed by atoms with Gasteiger partial charge in [-0.25, -0.2) is 0 Å². The van der Waals surface area contributed by atoms with Crippen molar-refractivity contribution in [3.63, 3.8) is 0 Å². The molecule has 4 heteroatoms. The minimum Gasteiger partial charge on any atom is -0.285 e. The van der Waals surface area contributed by atoms with Crippen LogP contribution in [0.4, 0.5) is 0 Å². The van der Waals surface area contributed by atoms with E-state index in [1.807, 2.05) is 0 Å². The predicted molar refractivity (Wildman–Crippen MR) is 112 cm³/mol. The van der Waals surface area contributed by atoms with Crippen LogP contribution in [0, 0.1) is 34.5 Å². The highest BCUT2D eigenvalue weighted by molar-refractivity contribution is 7.86. The SMILES string of the molecule is CC(C)CC1(CC(C)C)CCCC(S(=O)(=O)O)C1(CC(C)C)CC(C)C. The summed E-state index contributed by atoms with van der Waals surface area (Å²) in [6.07, 6.45) is 6.48. The zero-order valence-corrected chi connectivity index (χ0v) is 19.3. The van der Waals surface area contributed by atoms with Crippen molar-refractivity contribution < 1.29 is 13.0 Å². The van der Waals surface area contributed by atoms with Gasteiger partial charge >= 0.3 is 0 Å². The quantitative estimate of drug-likeness (QED) is 0.454. The number of hydrogen-bond acceptors (Lipinski definition) is 2. The van der Waals surface area contributed by atoms with Crippen molar-refractivity contribution in [1.82, 2.24) is 0 Å². The molecule has 1 fully saturated rings. The molecule has 0 aromatic heterocycles. The van der Waals surface area contributed by atoms with Crippen LogP contribution in [-0.2, 0) is 10.1 Å². The second-order valence-electron chi connectivity index (χ2n) is 10.7. The average Bonchev–Trinajstić information content (AvgIpc) is 2.37. The molecule has 26 heavy (non-hydrogen) atoms. The minimum atomic E-state index is -4.07. The molecule has 1 unspecified atom stereocenters. The molecule has 156 valence electrons. The second-order valence-corrected chi connectivity index (χ2v) is 12.3. The Morgan fingerprint density at radius 3 is 1.50 bits per heavy atom. The Morgan fingerprint density at radius 1 is 0.808 bits per heavy atom. The van der Waals surface area contributed by atoms with Crippen molar-refractivity contribution in [2.45, 2.75) is 106 Å². The van der Waals surface area contributed by atoms with Gasteiger partial charge < -0.3 is 0 Å². The van der Waals surface area contributed by atoms with E-state index in [1.54, 1.807) is 0 Å². The van der Waals surface area contributed by atoms with Crippen molar-refractivity contribution >= 4 is 10.1 Å². The summed E-state index contributed by atoms with van der Waals surface area (Å²) in [6, 6.07) is 0. The molecule has 0 saturated heterocycles. The largest absolute Gasteiger partial charge is 0.285 e. The smallest absolute Gasteiger partial charge is 0.268 e. The Bertz CT molecular complexity index is 512. The third-order valence-corrected chi connectivity index (χ3v) is 7.70. The van der Waals surface area contributed by atoms with Gasteiger partial charge in [-0.3, -0.25) is 4.55 Å². The van der Waals surface area contributed by atoms with Gasteiger partial charge in [0.25, 0.3) is 10.1 Å². The van der Waals surface area contributed by atoms with Crippen LogP contribution in [0.25, 0.3) is 0 Å². The van der Waals surface area contributed by atoms with E-state index in [0.29, 0.717) is 30.1 Å². The van der Waals surface area contributed by atoms with Gasteiger partial charge in [-0.1, -0.05) is 61.8 Å². The van der Waals surface area contributed by atoms with Crippen molar-refractivity contribution in [3.8, 4) is 0 Å². The fourth-order valence-corrected chi connectivity index (χ4v) is 7.90. The van der Waals surface area contributed by atoms with Crippen LogP contribution >= 0.6 is 0 Å². The van der Waals surface area contributed by atoms with Crippen molar-refractivity contribution in [2.24, 2.45) is 34.5 Å². The molecule has 3 nitrogen and oxygen atoms in total. The molecule has 1 atom stereocenters. The van der Waals surface area contributed by atoms with Gasteiger partial charge in [-0.15, -0.1) is 0 Å². The zero-order chi connectivity index (χ0) is 20.3. The summed E-state index contributed by atoms with van der Waals surface area (Å²) < 4.78 is 35.4. The summed E-state index contributed by atoms with van der Waals surface area (Å²) in [5.41, 5.74) is -0.349. The lowest BCUT2D eigenvalue weighted by molar-refractivity contribution is -0.0742. The zero-order valence-electron chi connectivity index (χ0n) is 18.5. The molecule has 0 amide bonds. The van der Waals surface area contributed by atoms with Crippen LogP contribution in [-0.4, -0.2) is 18.2 Å². The molecule has 0 heterocycles. The normalized spacial score (nSPS) is 23.3. The van der Waals surface area contributed by atoms with Gasteiger partial charge in [-0.2, -0.15) is 8.42 Å². The fourth-order valence-electron chi connectivity index (χ4n) is 6.42. The van der Waals surface area contributed by atoms with Crippen molar-refractivity contribution in [1.29, 1.82) is 0 Å². The van der Waals surface area contributed by atoms with Crippen molar-refractivity contribution in [3.05, 3.63) is 0 Å². The molecule has 0 radical (unpaired) electrons. The van der Waals surface area contributed by atoms with Crippen LogP contribution in [0.15, 0.2) is 0 Å². The predicted octanol–water partition coefficient (Wildman–Crippen LogP) is 6.58. The average molecular weight is 389 g/mol. The van der Waals surface area contributed by atoms with Crippen molar-refractivity contribution in [2.75, 3.05) is 0 Å². The summed E-state index contributed by atoms with van der Waals surface area (Å²) in [6.45, 7) is 17.8. The number of hydrogen-bond donors (Lipinski definition) is 1. The van der Waals surface area contributed by atoms with Gasteiger partial charge in [0, 0.05) is 0 Å². The maximum Gasteiger partial charge on any atom is 0.268 e. The van der Waals surface area contributed by atoms with E-state index < -0.39 is 15.4 Å². The maximum absolute atomic E-state index is 12.6. The molecule has 1 aliphatic carbocycles. The van der Waals surface area contributed by atoms with Gasteiger partial charge in [0.05, 0.1) is 5.25 Å². The van der Waals surface area contributed by atoms with Gasteiger partial charge in [0.2, 0.25) is 0 Å². The molecule has 0 spiro atoms. The first-order chi connectivity index (χ1) is 11.8. The maximum atomic E-state index is 12.6. The summed E-state index contributed by atoms with van der Waals surface area (Å²) in [5.74, 6) is 1.87. The highest BCUT2D eigenvalue weighted by Crippen LogP contribution is 2.63. The summed E-state index contributed by atoms with van der Waals surface area (Å²) in [7, 11) is -4.07. The van der Waals surface area contributed by atoms with E-state index >= 15 is 0 Å². The summed E-state index contributed by atoms with van der Waals surface area (Å²) in [5, 5.41) is -0.619. The lowest BCUT2D eigenvalue weighted by Gasteiger charge is -2.60. The highest BCUT2D eigenvalue weighted by atomic mass is 32.2. The molecule has 0 aromatic rings. The topological polar surface area (TPSA) is 54.4 Å². The van der Waals surface area contributed by atoms with E-state index in [4.69, 9.17) is 0 Å². The highest BCUT2D eigenvalue weighted by Gasteiger charge is 2.60. The first-order valence-electron chi connectivity index (χ1n) is 10.7. The molecular formula is C22H44O3S. The van der Waals surface area contributed by atoms with Crippen LogP contribution in [0.1, 0.15) is 100 Å². The molecule has 1 aliphatic rings. The lowest BCUT2D eigenvalue weighted by atomic mass is 9.47.